The highest BCUT2D eigenvalue weighted by atomic mass is 16.5. The summed E-state index contributed by atoms with van der Waals surface area (Å²) in [6.07, 6.45) is 2.34. The Kier molecular flexibility index (Phi) is 6.26. The lowest BCUT2D eigenvalue weighted by atomic mass is 10.1. The number of amides is 1. The Bertz CT molecular complexity index is 722. The molecule has 1 unspecified atom stereocenters. The van der Waals surface area contributed by atoms with Crippen LogP contribution >= 0.6 is 0 Å². The summed E-state index contributed by atoms with van der Waals surface area (Å²) in [7, 11) is 4.04. The Morgan fingerprint density at radius 3 is 2.73 bits per heavy atom. The standard InChI is InChI=1S/C21H26N2O3/c1-23(2)14-16-5-3-6-18(13-16)22-21(24)17-8-10-19(11-9-17)26-15-20-7-4-12-25-20/h3,5-6,8-11,13,20H,4,7,12,14-15H2,1-2H3,(H,22,24). The molecule has 2 aromatic carbocycles. The number of rotatable bonds is 7. The maximum absolute atomic E-state index is 12.4. The summed E-state index contributed by atoms with van der Waals surface area (Å²) in [6.45, 7) is 2.22. The molecule has 1 fully saturated rings. The number of carbonyl (C=O) groups is 1. The first-order chi connectivity index (χ1) is 12.6. The third kappa shape index (κ3) is 5.31. The van der Waals surface area contributed by atoms with Gasteiger partial charge in [0.25, 0.3) is 5.91 Å². The maximum Gasteiger partial charge on any atom is 0.255 e. The van der Waals surface area contributed by atoms with Crippen LogP contribution in [0.4, 0.5) is 5.69 Å². The second kappa shape index (κ2) is 8.83. The minimum atomic E-state index is -0.127. The van der Waals surface area contributed by atoms with Gasteiger partial charge in [-0.25, -0.2) is 0 Å². The summed E-state index contributed by atoms with van der Waals surface area (Å²) in [5, 5.41) is 2.95. The van der Waals surface area contributed by atoms with E-state index in [1.165, 1.54) is 0 Å². The normalized spacial score (nSPS) is 16.7. The molecule has 0 spiro atoms. The van der Waals surface area contributed by atoms with Crippen molar-refractivity contribution >= 4 is 11.6 Å². The smallest absolute Gasteiger partial charge is 0.255 e. The van der Waals surface area contributed by atoms with Crippen LogP contribution in [0, 0.1) is 0 Å². The van der Waals surface area contributed by atoms with Gasteiger partial charge in [-0.1, -0.05) is 12.1 Å². The van der Waals surface area contributed by atoms with Gasteiger partial charge in [0.05, 0.1) is 6.10 Å². The Hall–Kier alpha value is -2.37. The van der Waals surface area contributed by atoms with E-state index >= 15 is 0 Å². The summed E-state index contributed by atoms with van der Waals surface area (Å²) in [5.74, 6) is 0.628. The number of carbonyl (C=O) groups excluding carboxylic acids is 1. The first kappa shape index (κ1) is 18.4. The van der Waals surface area contributed by atoms with Gasteiger partial charge in [0.1, 0.15) is 12.4 Å². The van der Waals surface area contributed by atoms with Crippen molar-refractivity contribution in [2.24, 2.45) is 0 Å². The second-order valence-corrected chi connectivity index (χ2v) is 6.86. The fourth-order valence-electron chi connectivity index (χ4n) is 2.98. The zero-order valence-corrected chi connectivity index (χ0v) is 15.4. The second-order valence-electron chi connectivity index (χ2n) is 6.86. The molecule has 0 aromatic heterocycles. The van der Waals surface area contributed by atoms with Gasteiger partial charge in [0, 0.05) is 24.4 Å². The Balaban J connectivity index is 1.56. The molecule has 1 atom stereocenters. The van der Waals surface area contributed by atoms with E-state index in [9.17, 15) is 4.79 Å². The molecule has 2 aromatic rings. The molecule has 1 amide bonds. The van der Waals surface area contributed by atoms with Crippen molar-refractivity contribution < 1.29 is 14.3 Å². The van der Waals surface area contributed by atoms with Gasteiger partial charge in [-0.3, -0.25) is 4.79 Å². The molecule has 5 nitrogen and oxygen atoms in total. The van der Waals surface area contributed by atoms with Crippen molar-refractivity contribution in [2.45, 2.75) is 25.5 Å². The highest BCUT2D eigenvalue weighted by Gasteiger charge is 2.16. The molecule has 3 rings (SSSR count). The van der Waals surface area contributed by atoms with E-state index in [-0.39, 0.29) is 12.0 Å². The predicted octanol–water partition coefficient (Wildman–Crippen LogP) is 3.56. The van der Waals surface area contributed by atoms with Crippen LogP contribution in [0.1, 0.15) is 28.8 Å². The lowest BCUT2D eigenvalue weighted by Crippen LogP contribution is -2.16. The fourth-order valence-corrected chi connectivity index (χ4v) is 2.98. The summed E-state index contributed by atoms with van der Waals surface area (Å²) < 4.78 is 11.3. The largest absolute Gasteiger partial charge is 0.491 e. The number of hydrogen-bond donors (Lipinski definition) is 1. The van der Waals surface area contributed by atoms with E-state index in [0.29, 0.717) is 12.2 Å². The number of anilines is 1. The van der Waals surface area contributed by atoms with Crippen LogP contribution in [-0.2, 0) is 11.3 Å². The predicted molar refractivity (Wildman–Crippen MR) is 103 cm³/mol. The maximum atomic E-state index is 12.4. The van der Waals surface area contributed by atoms with Crippen molar-refractivity contribution in [3.63, 3.8) is 0 Å². The molecule has 1 saturated heterocycles. The Labute approximate surface area is 154 Å². The Morgan fingerprint density at radius 1 is 1.23 bits per heavy atom. The van der Waals surface area contributed by atoms with Crippen LogP contribution in [-0.4, -0.2) is 44.2 Å². The molecular formula is C21H26N2O3. The van der Waals surface area contributed by atoms with E-state index in [2.05, 4.69) is 16.3 Å². The molecule has 26 heavy (non-hydrogen) atoms. The van der Waals surface area contributed by atoms with Crippen molar-refractivity contribution in [3.05, 3.63) is 59.7 Å². The average molecular weight is 354 g/mol. The van der Waals surface area contributed by atoms with Crippen LogP contribution < -0.4 is 10.1 Å². The third-order valence-electron chi connectivity index (χ3n) is 4.26. The van der Waals surface area contributed by atoms with Crippen molar-refractivity contribution in [1.29, 1.82) is 0 Å². The lowest BCUT2D eigenvalue weighted by molar-refractivity contribution is 0.0679. The molecule has 0 bridgehead atoms. The molecule has 0 radical (unpaired) electrons. The highest BCUT2D eigenvalue weighted by molar-refractivity contribution is 6.04. The van der Waals surface area contributed by atoms with E-state index in [4.69, 9.17) is 9.47 Å². The van der Waals surface area contributed by atoms with Crippen molar-refractivity contribution in [1.82, 2.24) is 4.90 Å². The van der Waals surface area contributed by atoms with E-state index < -0.39 is 0 Å². The highest BCUT2D eigenvalue weighted by Crippen LogP contribution is 2.18. The first-order valence-corrected chi connectivity index (χ1v) is 8.99. The van der Waals surface area contributed by atoms with Gasteiger partial charge >= 0.3 is 0 Å². The van der Waals surface area contributed by atoms with Crippen LogP contribution in [0.5, 0.6) is 5.75 Å². The summed E-state index contributed by atoms with van der Waals surface area (Å²) in [6, 6.07) is 15.1. The summed E-state index contributed by atoms with van der Waals surface area (Å²) >= 11 is 0. The van der Waals surface area contributed by atoms with Crippen LogP contribution in [0.25, 0.3) is 0 Å². The van der Waals surface area contributed by atoms with Gasteiger partial charge < -0.3 is 19.7 Å². The Morgan fingerprint density at radius 2 is 2.04 bits per heavy atom. The van der Waals surface area contributed by atoms with Crippen LogP contribution in [0.3, 0.4) is 0 Å². The van der Waals surface area contributed by atoms with Crippen molar-refractivity contribution in [3.8, 4) is 5.75 Å². The van der Waals surface area contributed by atoms with Gasteiger partial charge in [-0.05, 0) is 68.9 Å². The van der Waals surface area contributed by atoms with E-state index in [1.54, 1.807) is 12.1 Å². The molecule has 1 aliphatic rings. The number of ether oxygens (including phenoxy) is 2. The number of hydrogen-bond acceptors (Lipinski definition) is 4. The summed E-state index contributed by atoms with van der Waals surface area (Å²) in [4.78, 5) is 14.5. The monoisotopic (exact) mass is 354 g/mol. The average Bonchev–Trinajstić information content (AvgIpc) is 3.14. The minimum absolute atomic E-state index is 0.127. The van der Waals surface area contributed by atoms with Gasteiger partial charge in [-0.15, -0.1) is 0 Å². The molecule has 0 saturated carbocycles. The molecular weight excluding hydrogens is 328 g/mol. The molecule has 0 aliphatic carbocycles. The number of nitrogens with zero attached hydrogens (tertiary/aromatic N) is 1. The zero-order valence-electron chi connectivity index (χ0n) is 15.4. The zero-order chi connectivity index (χ0) is 18.4. The first-order valence-electron chi connectivity index (χ1n) is 8.99. The SMILES string of the molecule is CN(C)Cc1cccc(NC(=O)c2ccc(OCC3CCCO3)cc2)c1. The van der Waals surface area contributed by atoms with E-state index in [1.807, 2.05) is 44.4 Å². The van der Waals surface area contributed by atoms with Crippen LogP contribution in [0.2, 0.25) is 0 Å². The molecule has 1 heterocycles. The number of benzene rings is 2. The number of nitrogens with one attached hydrogen (secondary N) is 1. The topological polar surface area (TPSA) is 50.8 Å². The molecule has 1 aliphatic heterocycles. The summed E-state index contributed by atoms with van der Waals surface area (Å²) in [5.41, 5.74) is 2.56. The molecule has 1 N–H and O–H groups in total. The lowest BCUT2D eigenvalue weighted by Gasteiger charge is -2.12. The van der Waals surface area contributed by atoms with Gasteiger partial charge in [-0.2, -0.15) is 0 Å². The van der Waals surface area contributed by atoms with Crippen LogP contribution in [0.15, 0.2) is 48.5 Å². The van der Waals surface area contributed by atoms with Gasteiger partial charge in [0.2, 0.25) is 0 Å². The third-order valence-corrected chi connectivity index (χ3v) is 4.26. The van der Waals surface area contributed by atoms with Gasteiger partial charge in [0.15, 0.2) is 0 Å². The quantitative estimate of drug-likeness (QED) is 0.826. The molecule has 138 valence electrons. The fraction of sp³-hybridized carbons (Fsp3) is 0.381. The minimum Gasteiger partial charge on any atom is -0.491 e. The van der Waals surface area contributed by atoms with E-state index in [0.717, 1.165) is 43.0 Å². The molecule has 5 heteroatoms. The van der Waals surface area contributed by atoms with Crippen molar-refractivity contribution in [2.75, 3.05) is 32.6 Å².